The topological polar surface area (TPSA) is 46.3 Å². The van der Waals surface area contributed by atoms with Crippen molar-refractivity contribution >= 4 is 5.91 Å². The molecular weight excluding hydrogens is 195 g/mol. The minimum Gasteiger partial charge on any atom is -0.338 e. The van der Waals surface area contributed by atoms with Gasteiger partial charge in [0, 0.05) is 13.1 Å². The highest BCUT2D eigenvalue weighted by molar-refractivity contribution is 5.77. The number of rotatable bonds is 4. The molecule has 3 nitrogen and oxygen atoms in total. The van der Waals surface area contributed by atoms with Gasteiger partial charge in [0.2, 0.25) is 5.91 Å². The van der Waals surface area contributed by atoms with Gasteiger partial charge in [0.05, 0.1) is 6.54 Å². The van der Waals surface area contributed by atoms with Crippen LogP contribution in [0, 0.1) is 5.82 Å². The van der Waals surface area contributed by atoms with E-state index in [1.54, 1.807) is 17.0 Å². The maximum absolute atomic E-state index is 12.6. The summed E-state index contributed by atoms with van der Waals surface area (Å²) >= 11 is 0. The van der Waals surface area contributed by atoms with Crippen LogP contribution in [0.5, 0.6) is 0 Å². The van der Waals surface area contributed by atoms with E-state index in [-0.39, 0.29) is 18.3 Å². The molecule has 0 heterocycles. The number of likely N-dealkylation sites (N-methyl/N-ethyl adjacent to an activating group) is 1. The summed E-state index contributed by atoms with van der Waals surface area (Å²) < 4.78 is 12.6. The average Bonchev–Trinajstić information content (AvgIpc) is 2.27. The summed E-state index contributed by atoms with van der Waals surface area (Å²) in [7, 11) is 0. The number of carbonyl (C=O) groups is 1. The van der Waals surface area contributed by atoms with E-state index in [2.05, 4.69) is 0 Å². The Hall–Kier alpha value is -1.42. The Labute approximate surface area is 88.7 Å². The van der Waals surface area contributed by atoms with Gasteiger partial charge in [0.1, 0.15) is 5.82 Å². The van der Waals surface area contributed by atoms with Gasteiger partial charge in [-0.3, -0.25) is 4.79 Å². The van der Waals surface area contributed by atoms with Gasteiger partial charge in [-0.1, -0.05) is 12.1 Å². The molecule has 0 unspecified atom stereocenters. The molecular formula is C11H15FN2O. The van der Waals surface area contributed by atoms with Crippen LogP contribution < -0.4 is 5.73 Å². The number of hydrogen-bond acceptors (Lipinski definition) is 2. The van der Waals surface area contributed by atoms with Gasteiger partial charge in [0.15, 0.2) is 0 Å². The SMILES string of the molecule is CCN(Cc1ccc(F)cc1)C(=O)CN. The van der Waals surface area contributed by atoms with E-state index in [4.69, 9.17) is 5.73 Å². The van der Waals surface area contributed by atoms with Crippen LogP contribution in [0.2, 0.25) is 0 Å². The third kappa shape index (κ3) is 3.32. The molecule has 0 aliphatic heterocycles. The molecule has 0 aliphatic rings. The lowest BCUT2D eigenvalue weighted by Crippen LogP contribution is -2.35. The average molecular weight is 210 g/mol. The second kappa shape index (κ2) is 5.46. The number of nitrogens with two attached hydrogens (primary N) is 1. The summed E-state index contributed by atoms with van der Waals surface area (Å²) in [6.45, 7) is 2.98. The number of halogens is 1. The first-order chi connectivity index (χ1) is 7.17. The van der Waals surface area contributed by atoms with Crippen LogP contribution in [0.4, 0.5) is 4.39 Å². The molecule has 0 radical (unpaired) electrons. The van der Waals surface area contributed by atoms with E-state index in [1.165, 1.54) is 12.1 Å². The van der Waals surface area contributed by atoms with Crippen LogP contribution in [0.3, 0.4) is 0 Å². The van der Waals surface area contributed by atoms with Gasteiger partial charge in [-0.05, 0) is 24.6 Å². The Morgan fingerprint density at radius 3 is 2.47 bits per heavy atom. The quantitative estimate of drug-likeness (QED) is 0.809. The fourth-order valence-electron chi connectivity index (χ4n) is 1.32. The van der Waals surface area contributed by atoms with Crippen molar-refractivity contribution in [2.45, 2.75) is 13.5 Å². The Morgan fingerprint density at radius 2 is 2.00 bits per heavy atom. The molecule has 0 saturated heterocycles. The molecule has 15 heavy (non-hydrogen) atoms. The smallest absolute Gasteiger partial charge is 0.236 e. The van der Waals surface area contributed by atoms with Crippen molar-refractivity contribution in [2.24, 2.45) is 5.73 Å². The Morgan fingerprint density at radius 1 is 1.40 bits per heavy atom. The van der Waals surface area contributed by atoms with Gasteiger partial charge in [-0.15, -0.1) is 0 Å². The Balaban J connectivity index is 2.66. The van der Waals surface area contributed by atoms with Crippen LogP contribution in [-0.4, -0.2) is 23.9 Å². The number of carbonyl (C=O) groups excluding carboxylic acids is 1. The summed E-state index contributed by atoms with van der Waals surface area (Å²) in [4.78, 5) is 13.0. The fraction of sp³-hybridized carbons (Fsp3) is 0.364. The highest BCUT2D eigenvalue weighted by Gasteiger charge is 2.09. The third-order valence-corrected chi connectivity index (χ3v) is 2.20. The third-order valence-electron chi connectivity index (χ3n) is 2.20. The second-order valence-electron chi connectivity index (χ2n) is 3.24. The van der Waals surface area contributed by atoms with Crippen molar-refractivity contribution in [1.82, 2.24) is 4.90 Å². The zero-order chi connectivity index (χ0) is 11.3. The van der Waals surface area contributed by atoms with Gasteiger partial charge in [-0.2, -0.15) is 0 Å². The van der Waals surface area contributed by atoms with E-state index in [9.17, 15) is 9.18 Å². The molecule has 1 aromatic carbocycles. The van der Waals surface area contributed by atoms with Crippen LogP contribution in [0.15, 0.2) is 24.3 Å². The Kier molecular flexibility index (Phi) is 4.24. The van der Waals surface area contributed by atoms with Gasteiger partial charge < -0.3 is 10.6 Å². The molecule has 1 aromatic rings. The monoisotopic (exact) mass is 210 g/mol. The molecule has 1 amide bonds. The largest absolute Gasteiger partial charge is 0.338 e. The minimum absolute atomic E-state index is 0.00896. The van der Waals surface area contributed by atoms with E-state index in [0.717, 1.165) is 5.56 Å². The van der Waals surface area contributed by atoms with Gasteiger partial charge >= 0.3 is 0 Å². The second-order valence-corrected chi connectivity index (χ2v) is 3.24. The number of amides is 1. The predicted octanol–water partition coefficient (Wildman–Crippen LogP) is 1.13. The highest BCUT2D eigenvalue weighted by atomic mass is 19.1. The number of nitrogens with zero attached hydrogens (tertiary/aromatic N) is 1. The van der Waals surface area contributed by atoms with Crippen molar-refractivity contribution < 1.29 is 9.18 Å². The van der Waals surface area contributed by atoms with Crippen LogP contribution in [0.1, 0.15) is 12.5 Å². The van der Waals surface area contributed by atoms with E-state index in [1.807, 2.05) is 6.92 Å². The first kappa shape index (κ1) is 11.7. The van der Waals surface area contributed by atoms with Gasteiger partial charge in [0.25, 0.3) is 0 Å². The standard InChI is InChI=1S/C11H15FN2O/c1-2-14(11(15)7-13)8-9-3-5-10(12)6-4-9/h3-6H,2,7-8,13H2,1H3. The van der Waals surface area contributed by atoms with E-state index in [0.29, 0.717) is 13.1 Å². The van der Waals surface area contributed by atoms with E-state index < -0.39 is 0 Å². The summed E-state index contributed by atoms with van der Waals surface area (Å²) in [5, 5.41) is 0. The maximum Gasteiger partial charge on any atom is 0.236 e. The fourth-order valence-corrected chi connectivity index (χ4v) is 1.32. The van der Waals surface area contributed by atoms with Crippen LogP contribution >= 0.6 is 0 Å². The van der Waals surface area contributed by atoms with Crippen molar-refractivity contribution in [3.05, 3.63) is 35.6 Å². The van der Waals surface area contributed by atoms with Crippen molar-refractivity contribution in [3.63, 3.8) is 0 Å². The summed E-state index contributed by atoms with van der Waals surface area (Å²) in [5.41, 5.74) is 6.18. The maximum atomic E-state index is 12.6. The van der Waals surface area contributed by atoms with Crippen LogP contribution in [-0.2, 0) is 11.3 Å². The molecule has 1 rings (SSSR count). The predicted molar refractivity (Wildman–Crippen MR) is 56.5 cm³/mol. The minimum atomic E-state index is -0.271. The molecule has 0 bridgehead atoms. The van der Waals surface area contributed by atoms with Crippen molar-refractivity contribution in [1.29, 1.82) is 0 Å². The Bertz CT molecular complexity index is 324. The first-order valence-corrected chi connectivity index (χ1v) is 4.89. The highest BCUT2D eigenvalue weighted by Crippen LogP contribution is 2.06. The lowest BCUT2D eigenvalue weighted by molar-refractivity contribution is -0.130. The zero-order valence-corrected chi connectivity index (χ0v) is 8.74. The normalized spacial score (nSPS) is 10.1. The molecule has 82 valence electrons. The van der Waals surface area contributed by atoms with Crippen molar-refractivity contribution in [3.8, 4) is 0 Å². The molecule has 2 N–H and O–H groups in total. The number of hydrogen-bond donors (Lipinski definition) is 1. The summed E-state index contributed by atoms with van der Waals surface area (Å²) in [6, 6.07) is 6.11. The molecule has 0 fully saturated rings. The van der Waals surface area contributed by atoms with Crippen molar-refractivity contribution in [2.75, 3.05) is 13.1 Å². The van der Waals surface area contributed by atoms with Gasteiger partial charge in [-0.25, -0.2) is 4.39 Å². The van der Waals surface area contributed by atoms with E-state index >= 15 is 0 Å². The molecule has 0 aliphatic carbocycles. The lowest BCUT2D eigenvalue weighted by Gasteiger charge is -2.20. The van der Waals surface area contributed by atoms with Crippen LogP contribution in [0.25, 0.3) is 0 Å². The molecule has 4 heteroatoms. The zero-order valence-electron chi connectivity index (χ0n) is 8.74. The molecule has 0 spiro atoms. The summed E-state index contributed by atoms with van der Waals surface area (Å²) in [6.07, 6.45) is 0. The first-order valence-electron chi connectivity index (χ1n) is 4.89. The molecule has 0 atom stereocenters. The molecule has 0 saturated carbocycles. The molecule has 0 aromatic heterocycles. The lowest BCUT2D eigenvalue weighted by atomic mass is 10.2. The number of benzene rings is 1. The summed E-state index contributed by atoms with van der Waals surface area (Å²) in [5.74, 6) is -0.367.